The van der Waals surface area contributed by atoms with Gasteiger partial charge in [-0.1, -0.05) is 35.5 Å². The first-order valence-corrected chi connectivity index (χ1v) is 11.2. The minimum atomic E-state index is -2.47. The zero-order chi connectivity index (χ0) is 25.2. The largest absolute Gasteiger partial charge is 1.00 e. The van der Waals surface area contributed by atoms with E-state index in [1.807, 2.05) is 0 Å². The second-order valence-corrected chi connectivity index (χ2v) is 8.62. The van der Waals surface area contributed by atoms with Crippen LogP contribution in [-0.2, 0) is 40.0 Å². The summed E-state index contributed by atoms with van der Waals surface area (Å²) in [5.41, 5.74) is 3.78. The number of carbonyl (C=O) groups is 4. The number of oxime groups is 1. The minimum absolute atomic E-state index is 0. The molecule has 15 heteroatoms. The summed E-state index contributed by atoms with van der Waals surface area (Å²) in [5.74, 6) is -5.26. The molecule has 3 N–H and O–H groups in total. The molecule has 184 valence electrons. The van der Waals surface area contributed by atoms with Gasteiger partial charge in [0.1, 0.15) is 31.4 Å². The van der Waals surface area contributed by atoms with E-state index in [0.717, 1.165) is 16.9 Å². The van der Waals surface area contributed by atoms with E-state index in [-0.39, 0.29) is 58.9 Å². The Bertz CT molecular complexity index is 1190. The average Bonchev–Trinajstić information content (AvgIpc) is 3.51. The number of carboxylic acid groups (broad SMARTS) is 1. The summed E-state index contributed by atoms with van der Waals surface area (Å²) in [4.78, 5) is 64.3. The number of esters is 1. The van der Waals surface area contributed by atoms with E-state index in [1.165, 1.54) is 12.5 Å². The number of rotatable bonds is 8. The Morgan fingerprint density at radius 3 is 2.69 bits per heavy atom. The van der Waals surface area contributed by atoms with Crippen LogP contribution in [0.1, 0.15) is 17.7 Å². The number of nitrogens with two attached hydrogens (primary N) is 1. The summed E-state index contributed by atoms with van der Waals surface area (Å²) in [5, 5.41) is 20.2. The number of ether oxygens (including phenoxy) is 1. The summed E-state index contributed by atoms with van der Waals surface area (Å²) in [7, 11) is 1.22. The minimum Gasteiger partial charge on any atom is -0.544 e. The molecule has 0 spiro atoms. The van der Waals surface area contributed by atoms with Gasteiger partial charge in [0.15, 0.2) is 10.8 Å². The normalized spacial score (nSPS) is 23.7. The van der Waals surface area contributed by atoms with Crippen molar-refractivity contribution in [2.45, 2.75) is 24.6 Å². The van der Waals surface area contributed by atoms with Gasteiger partial charge in [-0.05, 0) is 12.0 Å². The summed E-state index contributed by atoms with van der Waals surface area (Å²) < 4.78 is 5.16. The first kappa shape index (κ1) is 27.5. The number of carboxylic acids is 1. The van der Waals surface area contributed by atoms with Gasteiger partial charge in [-0.2, -0.15) is 5.06 Å². The monoisotopic (exact) mass is 525 g/mol. The smallest absolute Gasteiger partial charge is 0.544 e. The summed E-state index contributed by atoms with van der Waals surface area (Å²) in [6, 6.07) is 7.63. The molecule has 36 heavy (non-hydrogen) atoms. The fourth-order valence-corrected chi connectivity index (χ4v) is 4.37. The van der Waals surface area contributed by atoms with Crippen molar-refractivity contribution < 1.29 is 68.3 Å². The third kappa shape index (κ3) is 5.37. The van der Waals surface area contributed by atoms with E-state index >= 15 is 0 Å². The predicted octanol–water partition coefficient (Wildman–Crippen LogP) is -4.41. The Morgan fingerprint density at radius 1 is 1.36 bits per heavy atom. The van der Waals surface area contributed by atoms with Crippen LogP contribution in [0.5, 0.6) is 0 Å². The molecule has 0 saturated carbocycles. The van der Waals surface area contributed by atoms with E-state index in [1.54, 1.807) is 30.3 Å². The van der Waals surface area contributed by atoms with Crippen LogP contribution >= 0.6 is 11.3 Å². The van der Waals surface area contributed by atoms with Gasteiger partial charge in [0.25, 0.3) is 17.5 Å². The third-order valence-corrected chi connectivity index (χ3v) is 6.11. The molecule has 1 aromatic carbocycles. The molecule has 2 aliphatic rings. The van der Waals surface area contributed by atoms with Gasteiger partial charge in [0, 0.05) is 11.8 Å². The Labute approximate surface area is 230 Å². The Morgan fingerprint density at radius 2 is 2.08 bits per heavy atom. The SMILES string of the molecule is CON=C(C(=O)N[C@H]1CON(C2(C(=O)[O-])CC(Cc3ccccc3)C(=O)O2)C1=O)c1csc(N)n1.[Na+]. The number of thiazole rings is 1. The molecule has 13 nitrogen and oxygen atoms in total. The van der Waals surface area contributed by atoms with Gasteiger partial charge in [0.2, 0.25) is 0 Å². The molecule has 0 radical (unpaired) electrons. The van der Waals surface area contributed by atoms with E-state index in [2.05, 4.69) is 20.3 Å². The Kier molecular flexibility index (Phi) is 8.68. The molecule has 0 bridgehead atoms. The van der Waals surface area contributed by atoms with Gasteiger partial charge in [-0.25, -0.2) is 4.98 Å². The fourth-order valence-electron chi connectivity index (χ4n) is 3.83. The third-order valence-electron chi connectivity index (χ3n) is 5.43. The van der Waals surface area contributed by atoms with Crippen LogP contribution in [0.3, 0.4) is 0 Å². The van der Waals surface area contributed by atoms with Gasteiger partial charge in [-0.15, -0.1) is 11.3 Å². The second-order valence-electron chi connectivity index (χ2n) is 7.73. The van der Waals surface area contributed by atoms with E-state index in [4.69, 9.17) is 15.3 Å². The summed E-state index contributed by atoms with van der Waals surface area (Å²) in [6.07, 6.45) is -0.186. The number of cyclic esters (lactones) is 1. The summed E-state index contributed by atoms with van der Waals surface area (Å²) >= 11 is 1.07. The van der Waals surface area contributed by atoms with Crippen molar-refractivity contribution in [3.8, 4) is 0 Å². The number of aromatic nitrogens is 1. The zero-order valence-corrected chi connectivity index (χ0v) is 22.1. The topological polar surface area (TPSA) is 186 Å². The molecule has 4 rings (SSSR count). The number of benzene rings is 1. The molecule has 2 unspecified atom stereocenters. The van der Waals surface area contributed by atoms with Crippen molar-refractivity contribution in [1.82, 2.24) is 15.4 Å². The van der Waals surface area contributed by atoms with E-state index in [0.29, 0.717) is 5.06 Å². The molecule has 3 atom stereocenters. The maximum absolute atomic E-state index is 13.0. The van der Waals surface area contributed by atoms with Crippen molar-refractivity contribution >= 4 is 45.9 Å². The number of hydrogen-bond acceptors (Lipinski definition) is 12. The van der Waals surface area contributed by atoms with Crippen LogP contribution in [0.2, 0.25) is 0 Å². The van der Waals surface area contributed by atoms with Crippen LogP contribution in [0.25, 0.3) is 0 Å². The standard InChI is InChI=1S/C21H21N5O8S.Na/c1-32-25-15(14-10-35-20(22)24-14)16(27)23-13-9-33-26(17(13)28)21(19(30)31)8-12(18(29)34-21)7-11-5-3-2-4-6-11;/h2-6,10,12-13H,7-9H2,1H3,(H2,22,24)(H,23,27)(H,30,31);/q;+1/p-1/t12?,13-,21?;/m0./s1. The van der Waals surface area contributed by atoms with Gasteiger partial charge in [0.05, 0.1) is 5.92 Å². The van der Waals surface area contributed by atoms with Crippen molar-refractivity contribution in [3.63, 3.8) is 0 Å². The van der Waals surface area contributed by atoms with Crippen LogP contribution in [-0.4, -0.2) is 65.0 Å². The van der Waals surface area contributed by atoms with Crippen molar-refractivity contribution in [2.75, 3.05) is 19.5 Å². The molecule has 2 aromatic rings. The molecule has 1 aromatic heterocycles. The molecule has 2 aliphatic heterocycles. The van der Waals surface area contributed by atoms with Gasteiger partial charge >= 0.3 is 35.5 Å². The summed E-state index contributed by atoms with van der Waals surface area (Å²) in [6.45, 7) is -0.417. The van der Waals surface area contributed by atoms with Gasteiger partial charge < -0.3 is 30.5 Å². The van der Waals surface area contributed by atoms with Crippen molar-refractivity contribution in [2.24, 2.45) is 11.1 Å². The van der Waals surface area contributed by atoms with E-state index in [9.17, 15) is 24.3 Å². The first-order valence-electron chi connectivity index (χ1n) is 10.3. The molecular formula is C21H20N5NaO8S. The van der Waals surface area contributed by atoms with Crippen LogP contribution in [0.4, 0.5) is 5.13 Å². The number of nitrogens with zero attached hydrogens (tertiary/aromatic N) is 3. The number of hydrogen-bond donors (Lipinski definition) is 2. The first-order chi connectivity index (χ1) is 16.7. The molecule has 2 amide bonds. The number of nitrogens with one attached hydrogen (secondary N) is 1. The number of hydroxylamine groups is 2. The number of amides is 2. The van der Waals surface area contributed by atoms with Crippen LogP contribution in [0.15, 0.2) is 40.9 Å². The Hall–Kier alpha value is -3.04. The maximum Gasteiger partial charge on any atom is 1.00 e. The number of nitrogen functional groups attached to an aromatic ring is 1. The predicted molar refractivity (Wildman–Crippen MR) is 117 cm³/mol. The molecule has 2 saturated heterocycles. The van der Waals surface area contributed by atoms with Crippen LogP contribution < -0.4 is 45.7 Å². The molecule has 2 fully saturated rings. The second kappa shape index (κ2) is 11.3. The Balaban J connectivity index is 0.00000361. The zero-order valence-electron chi connectivity index (χ0n) is 19.3. The number of anilines is 1. The number of carbonyl (C=O) groups excluding carboxylic acids is 4. The maximum atomic E-state index is 13.0. The van der Waals surface area contributed by atoms with Gasteiger partial charge in [-0.3, -0.25) is 19.2 Å². The average molecular weight is 525 g/mol. The van der Waals surface area contributed by atoms with Crippen molar-refractivity contribution in [1.29, 1.82) is 0 Å². The molecular weight excluding hydrogens is 505 g/mol. The quantitative estimate of drug-likeness (QED) is 0.148. The van der Waals surface area contributed by atoms with Crippen molar-refractivity contribution in [3.05, 3.63) is 47.0 Å². The number of aliphatic carboxylic acids is 1. The fraction of sp³-hybridized carbons (Fsp3) is 0.333. The van der Waals surface area contributed by atoms with Crippen LogP contribution in [0, 0.1) is 5.92 Å². The van der Waals surface area contributed by atoms with E-state index < -0.39 is 48.0 Å². The molecule has 0 aliphatic carbocycles. The molecule has 3 heterocycles.